The number of hydrogen-bond acceptors (Lipinski definition) is 3. The first-order valence-electron chi connectivity index (χ1n) is 5.11. The predicted octanol–water partition coefficient (Wildman–Crippen LogP) is 1.94. The Kier molecular flexibility index (Phi) is 3.19. The standard InChI is InChI=1S/C12H12N4/c13-9-10-2-1-3-11(8-10)14-5-4-12-15-6-7-16-12/h1-3,6-8,14H,4-5H2,(H,15,16). The van der Waals surface area contributed by atoms with E-state index in [1.807, 2.05) is 24.4 Å². The van der Waals surface area contributed by atoms with Gasteiger partial charge >= 0.3 is 0 Å². The lowest BCUT2D eigenvalue weighted by Gasteiger charge is -2.04. The van der Waals surface area contributed by atoms with E-state index in [2.05, 4.69) is 21.4 Å². The van der Waals surface area contributed by atoms with E-state index in [0.29, 0.717) is 5.56 Å². The highest BCUT2D eigenvalue weighted by molar-refractivity contribution is 5.49. The normalized spacial score (nSPS) is 9.69. The van der Waals surface area contributed by atoms with Crippen molar-refractivity contribution in [3.63, 3.8) is 0 Å². The second-order valence-corrected chi connectivity index (χ2v) is 3.41. The monoisotopic (exact) mass is 212 g/mol. The van der Waals surface area contributed by atoms with E-state index in [-0.39, 0.29) is 0 Å². The van der Waals surface area contributed by atoms with Crippen LogP contribution in [-0.4, -0.2) is 16.5 Å². The molecule has 0 saturated carbocycles. The van der Waals surface area contributed by atoms with Crippen molar-refractivity contribution >= 4 is 5.69 Å². The first-order valence-corrected chi connectivity index (χ1v) is 5.11. The smallest absolute Gasteiger partial charge is 0.107 e. The van der Waals surface area contributed by atoms with Gasteiger partial charge in [0.25, 0.3) is 0 Å². The number of benzene rings is 1. The van der Waals surface area contributed by atoms with Gasteiger partial charge < -0.3 is 10.3 Å². The molecule has 0 saturated heterocycles. The molecule has 0 amide bonds. The Morgan fingerprint density at radius 3 is 3.12 bits per heavy atom. The van der Waals surface area contributed by atoms with E-state index in [4.69, 9.17) is 5.26 Å². The van der Waals surface area contributed by atoms with Crippen LogP contribution < -0.4 is 5.32 Å². The summed E-state index contributed by atoms with van der Waals surface area (Å²) in [5.74, 6) is 0.962. The fourth-order valence-electron chi connectivity index (χ4n) is 1.46. The maximum atomic E-state index is 8.74. The number of anilines is 1. The lowest BCUT2D eigenvalue weighted by molar-refractivity contribution is 0.927. The van der Waals surface area contributed by atoms with Gasteiger partial charge in [-0.05, 0) is 18.2 Å². The first kappa shape index (κ1) is 10.2. The van der Waals surface area contributed by atoms with E-state index in [9.17, 15) is 0 Å². The van der Waals surface area contributed by atoms with Crippen LogP contribution in [0.3, 0.4) is 0 Å². The quantitative estimate of drug-likeness (QED) is 0.814. The molecule has 80 valence electrons. The molecule has 2 N–H and O–H groups in total. The Morgan fingerprint density at radius 2 is 2.38 bits per heavy atom. The zero-order valence-corrected chi connectivity index (χ0v) is 8.77. The fourth-order valence-corrected chi connectivity index (χ4v) is 1.46. The Bertz CT molecular complexity index is 482. The van der Waals surface area contributed by atoms with E-state index in [0.717, 1.165) is 24.5 Å². The van der Waals surface area contributed by atoms with Crippen LogP contribution in [0.25, 0.3) is 0 Å². The summed E-state index contributed by atoms with van der Waals surface area (Å²) in [4.78, 5) is 7.18. The molecule has 1 aromatic heterocycles. The minimum Gasteiger partial charge on any atom is -0.385 e. The first-order chi connectivity index (χ1) is 7.88. The van der Waals surface area contributed by atoms with E-state index < -0.39 is 0 Å². The summed E-state index contributed by atoms with van der Waals surface area (Å²) in [7, 11) is 0. The van der Waals surface area contributed by atoms with Crippen molar-refractivity contribution in [3.05, 3.63) is 48.0 Å². The van der Waals surface area contributed by atoms with Gasteiger partial charge in [-0.2, -0.15) is 5.26 Å². The van der Waals surface area contributed by atoms with Gasteiger partial charge in [-0.3, -0.25) is 0 Å². The summed E-state index contributed by atoms with van der Waals surface area (Å²) in [6, 6.07) is 9.55. The summed E-state index contributed by atoms with van der Waals surface area (Å²) in [5, 5.41) is 12.0. The SMILES string of the molecule is N#Cc1cccc(NCCc2ncc[nH]2)c1. The summed E-state index contributed by atoms with van der Waals surface area (Å²) in [6.07, 6.45) is 4.39. The van der Waals surface area contributed by atoms with Gasteiger partial charge in [0.15, 0.2) is 0 Å². The van der Waals surface area contributed by atoms with Gasteiger partial charge in [0, 0.05) is 31.0 Å². The number of rotatable bonds is 4. The summed E-state index contributed by atoms with van der Waals surface area (Å²) < 4.78 is 0. The second-order valence-electron chi connectivity index (χ2n) is 3.41. The molecular weight excluding hydrogens is 200 g/mol. The highest BCUT2D eigenvalue weighted by Crippen LogP contribution is 2.09. The molecule has 0 unspecified atom stereocenters. The zero-order chi connectivity index (χ0) is 11.2. The number of nitrogens with zero attached hydrogens (tertiary/aromatic N) is 2. The van der Waals surface area contributed by atoms with Crippen molar-refractivity contribution in [2.24, 2.45) is 0 Å². The number of hydrogen-bond donors (Lipinski definition) is 2. The van der Waals surface area contributed by atoms with E-state index in [1.54, 1.807) is 12.3 Å². The molecule has 16 heavy (non-hydrogen) atoms. The molecule has 0 aliphatic heterocycles. The molecule has 4 nitrogen and oxygen atoms in total. The van der Waals surface area contributed by atoms with Crippen molar-refractivity contribution in [1.29, 1.82) is 5.26 Å². The molecule has 0 aliphatic carbocycles. The maximum absolute atomic E-state index is 8.74. The molecule has 0 radical (unpaired) electrons. The molecule has 0 fully saturated rings. The topological polar surface area (TPSA) is 64.5 Å². The Balaban J connectivity index is 1.88. The van der Waals surface area contributed by atoms with Crippen LogP contribution in [0.4, 0.5) is 5.69 Å². The number of nitrogens with one attached hydrogen (secondary N) is 2. The number of aromatic nitrogens is 2. The van der Waals surface area contributed by atoms with Gasteiger partial charge in [-0.1, -0.05) is 6.07 Å². The third-order valence-electron chi connectivity index (χ3n) is 2.24. The van der Waals surface area contributed by atoms with Crippen LogP contribution in [0.5, 0.6) is 0 Å². The van der Waals surface area contributed by atoms with Crippen molar-refractivity contribution in [2.45, 2.75) is 6.42 Å². The highest BCUT2D eigenvalue weighted by Gasteiger charge is 1.96. The lowest BCUT2D eigenvalue weighted by Crippen LogP contribution is -2.05. The summed E-state index contributed by atoms with van der Waals surface area (Å²) >= 11 is 0. The van der Waals surface area contributed by atoms with Crippen molar-refractivity contribution in [2.75, 3.05) is 11.9 Å². The van der Waals surface area contributed by atoms with Crippen LogP contribution in [0.1, 0.15) is 11.4 Å². The van der Waals surface area contributed by atoms with E-state index >= 15 is 0 Å². The van der Waals surface area contributed by atoms with Crippen molar-refractivity contribution in [1.82, 2.24) is 9.97 Å². The van der Waals surface area contributed by atoms with Crippen molar-refractivity contribution in [3.8, 4) is 6.07 Å². The molecule has 1 aromatic carbocycles. The van der Waals surface area contributed by atoms with Crippen LogP contribution >= 0.6 is 0 Å². The Hall–Kier alpha value is -2.28. The largest absolute Gasteiger partial charge is 0.385 e. The van der Waals surface area contributed by atoms with E-state index in [1.165, 1.54) is 0 Å². The van der Waals surface area contributed by atoms with Crippen LogP contribution in [0.15, 0.2) is 36.7 Å². The minimum atomic E-state index is 0.669. The Morgan fingerprint density at radius 1 is 1.44 bits per heavy atom. The average Bonchev–Trinajstić information content (AvgIpc) is 2.82. The third kappa shape index (κ3) is 2.61. The molecule has 0 bridgehead atoms. The molecule has 1 heterocycles. The summed E-state index contributed by atoms with van der Waals surface area (Å²) in [6.45, 7) is 0.794. The number of imidazole rings is 1. The Labute approximate surface area is 94.0 Å². The molecule has 4 heteroatoms. The highest BCUT2D eigenvalue weighted by atomic mass is 14.9. The minimum absolute atomic E-state index is 0.669. The number of nitriles is 1. The number of aromatic amines is 1. The van der Waals surface area contributed by atoms with Crippen LogP contribution in [-0.2, 0) is 6.42 Å². The van der Waals surface area contributed by atoms with Crippen LogP contribution in [0, 0.1) is 11.3 Å². The molecule has 0 aliphatic rings. The van der Waals surface area contributed by atoms with Gasteiger partial charge in [-0.15, -0.1) is 0 Å². The molecular formula is C12H12N4. The zero-order valence-electron chi connectivity index (χ0n) is 8.77. The van der Waals surface area contributed by atoms with Crippen molar-refractivity contribution < 1.29 is 0 Å². The van der Waals surface area contributed by atoms with Gasteiger partial charge in [0.05, 0.1) is 11.6 Å². The van der Waals surface area contributed by atoms with Gasteiger partial charge in [0.2, 0.25) is 0 Å². The fraction of sp³-hybridized carbons (Fsp3) is 0.167. The lowest BCUT2D eigenvalue weighted by atomic mass is 10.2. The summed E-state index contributed by atoms with van der Waals surface area (Å²) in [5.41, 5.74) is 1.63. The molecule has 0 atom stereocenters. The van der Waals surface area contributed by atoms with Gasteiger partial charge in [-0.25, -0.2) is 4.98 Å². The third-order valence-corrected chi connectivity index (χ3v) is 2.24. The van der Waals surface area contributed by atoms with Crippen LogP contribution in [0.2, 0.25) is 0 Å². The second kappa shape index (κ2) is 4.99. The maximum Gasteiger partial charge on any atom is 0.107 e. The molecule has 2 rings (SSSR count). The molecule has 2 aromatic rings. The predicted molar refractivity (Wildman–Crippen MR) is 61.9 cm³/mol. The van der Waals surface area contributed by atoms with Gasteiger partial charge in [0.1, 0.15) is 5.82 Å². The number of H-pyrrole nitrogens is 1. The molecule has 0 spiro atoms. The average molecular weight is 212 g/mol.